The molecule has 1 unspecified atom stereocenters. The standard InChI is InChI=1S/C15H20ClFN2O/c1-18-5-6-19(2)12(10-18)9-13(20)7-11-3-4-15(17)14(16)8-11/h3-4,8,12H,5-7,9-10H2,1-2H3. The van der Waals surface area contributed by atoms with Gasteiger partial charge in [0.05, 0.1) is 5.02 Å². The van der Waals surface area contributed by atoms with Crippen LogP contribution in [0.5, 0.6) is 0 Å². The van der Waals surface area contributed by atoms with Gasteiger partial charge in [0, 0.05) is 38.5 Å². The van der Waals surface area contributed by atoms with Crippen LogP contribution in [0.25, 0.3) is 0 Å². The third-order valence-electron chi connectivity index (χ3n) is 3.83. The number of halogens is 2. The minimum absolute atomic E-state index is 0.0739. The fourth-order valence-electron chi connectivity index (χ4n) is 2.53. The molecule has 0 amide bonds. The van der Waals surface area contributed by atoms with Gasteiger partial charge in [0.25, 0.3) is 0 Å². The third-order valence-corrected chi connectivity index (χ3v) is 4.12. The number of hydrogen-bond donors (Lipinski definition) is 0. The number of carbonyl (C=O) groups excluding carboxylic acids is 1. The first-order valence-electron chi connectivity index (χ1n) is 6.80. The van der Waals surface area contributed by atoms with Gasteiger partial charge in [0.15, 0.2) is 0 Å². The second-order valence-corrected chi connectivity index (χ2v) is 5.97. The van der Waals surface area contributed by atoms with Crippen molar-refractivity contribution in [2.45, 2.75) is 18.9 Å². The number of piperazine rings is 1. The van der Waals surface area contributed by atoms with Crippen molar-refractivity contribution in [3.63, 3.8) is 0 Å². The largest absolute Gasteiger partial charge is 0.304 e. The molecule has 1 aliphatic heterocycles. The van der Waals surface area contributed by atoms with E-state index in [-0.39, 0.29) is 16.8 Å². The van der Waals surface area contributed by atoms with E-state index in [1.807, 2.05) is 0 Å². The molecule has 0 radical (unpaired) electrons. The molecule has 20 heavy (non-hydrogen) atoms. The van der Waals surface area contributed by atoms with Crippen molar-refractivity contribution in [1.82, 2.24) is 9.80 Å². The Kier molecular flexibility index (Phi) is 5.13. The molecule has 0 N–H and O–H groups in total. The van der Waals surface area contributed by atoms with E-state index in [4.69, 9.17) is 11.6 Å². The van der Waals surface area contributed by atoms with Crippen LogP contribution in [0, 0.1) is 5.82 Å². The molecule has 1 aliphatic rings. The van der Waals surface area contributed by atoms with Crippen molar-refractivity contribution in [1.29, 1.82) is 0 Å². The van der Waals surface area contributed by atoms with Gasteiger partial charge in [0.2, 0.25) is 0 Å². The lowest BCUT2D eigenvalue weighted by Crippen LogP contribution is -2.50. The smallest absolute Gasteiger partial charge is 0.141 e. The first kappa shape index (κ1) is 15.4. The molecule has 3 nitrogen and oxygen atoms in total. The minimum atomic E-state index is -0.448. The van der Waals surface area contributed by atoms with Crippen molar-refractivity contribution >= 4 is 17.4 Å². The van der Waals surface area contributed by atoms with Crippen LogP contribution in [0.4, 0.5) is 4.39 Å². The van der Waals surface area contributed by atoms with Crippen LogP contribution in [-0.4, -0.2) is 55.4 Å². The maximum absolute atomic E-state index is 13.1. The molecule has 0 aliphatic carbocycles. The number of benzene rings is 1. The molecule has 110 valence electrons. The Hall–Kier alpha value is -0.970. The molecule has 0 aromatic heterocycles. The second kappa shape index (κ2) is 6.66. The van der Waals surface area contributed by atoms with Crippen LogP contribution in [0.1, 0.15) is 12.0 Å². The predicted octanol–water partition coefficient (Wildman–Crippen LogP) is 2.23. The zero-order chi connectivity index (χ0) is 14.7. The van der Waals surface area contributed by atoms with E-state index in [9.17, 15) is 9.18 Å². The Labute approximate surface area is 124 Å². The van der Waals surface area contributed by atoms with Gasteiger partial charge in [-0.05, 0) is 31.8 Å². The maximum Gasteiger partial charge on any atom is 0.141 e. The van der Waals surface area contributed by atoms with Gasteiger partial charge in [-0.2, -0.15) is 0 Å². The van der Waals surface area contributed by atoms with Crippen molar-refractivity contribution in [2.24, 2.45) is 0 Å². The molecule has 1 aromatic carbocycles. The number of hydrogen-bond acceptors (Lipinski definition) is 3. The van der Waals surface area contributed by atoms with Crippen molar-refractivity contribution in [3.05, 3.63) is 34.6 Å². The maximum atomic E-state index is 13.1. The summed E-state index contributed by atoms with van der Waals surface area (Å²) in [4.78, 5) is 16.6. The summed E-state index contributed by atoms with van der Waals surface area (Å²) in [5.41, 5.74) is 0.771. The van der Waals surface area contributed by atoms with E-state index in [2.05, 4.69) is 23.9 Å². The molecule has 2 rings (SSSR count). The van der Waals surface area contributed by atoms with Gasteiger partial charge in [-0.25, -0.2) is 4.39 Å². The summed E-state index contributed by atoms with van der Waals surface area (Å²) in [6, 6.07) is 4.73. The summed E-state index contributed by atoms with van der Waals surface area (Å²) >= 11 is 5.73. The van der Waals surface area contributed by atoms with Crippen molar-refractivity contribution < 1.29 is 9.18 Å². The van der Waals surface area contributed by atoms with E-state index in [1.165, 1.54) is 12.1 Å². The number of Topliss-reactive ketones (excluding diaryl/α,β-unsaturated/α-hetero) is 1. The van der Waals surface area contributed by atoms with Gasteiger partial charge >= 0.3 is 0 Å². The molecule has 1 aromatic rings. The summed E-state index contributed by atoms with van der Waals surface area (Å²) in [5.74, 6) is -0.281. The first-order valence-corrected chi connectivity index (χ1v) is 7.18. The molecular formula is C15H20ClFN2O. The molecule has 0 spiro atoms. The Balaban J connectivity index is 1.93. The summed E-state index contributed by atoms with van der Waals surface area (Å²) in [5, 5.41) is 0.0739. The molecule has 0 bridgehead atoms. The summed E-state index contributed by atoms with van der Waals surface area (Å²) in [6.45, 7) is 2.93. The topological polar surface area (TPSA) is 23.6 Å². The van der Waals surface area contributed by atoms with Crippen LogP contribution in [-0.2, 0) is 11.2 Å². The van der Waals surface area contributed by atoms with E-state index >= 15 is 0 Å². The van der Waals surface area contributed by atoms with Crippen LogP contribution in [0.3, 0.4) is 0 Å². The lowest BCUT2D eigenvalue weighted by Gasteiger charge is -2.37. The van der Waals surface area contributed by atoms with Crippen LogP contribution < -0.4 is 0 Å². The van der Waals surface area contributed by atoms with E-state index in [0.717, 1.165) is 25.2 Å². The zero-order valence-electron chi connectivity index (χ0n) is 11.9. The Morgan fingerprint density at radius 3 is 2.85 bits per heavy atom. The molecule has 1 saturated heterocycles. The van der Waals surface area contributed by atoms with E-state index < -0.39 is 5.82 Å². The van der Waals surface area contributed by atoms with Gasteiger partial charge in [-0.15, -0.1) is 0 Å². The minimum Gasteiger partial charge on any atom is -0.304 e. The highest BCUT2D eigenvalue weighted by Gasteiger charge is 2.24. The van der Waals surface area contributed by atoms with Crippen LogP contribution in [0.15, 0.2) is 18.2 Å². The summed E-state index contributed by atoms with van der Waals surface area (Å²) < 4.78 is 13.1. The van der Waals surface area contributed by atoms with Crippen LogP contribution in [0.2, 0.25) is 5.02 Å². The SMILES string of the molecule is CN1CCN(C)C(CC(=O)Cc2ccc(F)c(Cl)c2)C1. The Morgan fingerprint density at radius 1 is 1.40 bits per heavy atom. The van der Waals surface area contributed by atoms with Gasteiger partial charge < -0.3 is 9.80 Å². The Morgan fingerprint density at radius 2 is 2.15 bits per heavy atom. The van der Waals surface area contributed by atoms with Gasteiger partial charge in [0.1, 0.15) is 11.6 Å². The highest BCUT2D eigenvalue weighted by molar-refractivity contribution is 6.30. The fourth-order valence-corrected chi connectivity index (χ4v) is 2.74. The molecule has 1 atom stereocenters. The predicted molar refractivity (Wildman–Crippen MR) is 78.7 cm³/mol. The van der Waals surface area contributed by atoms with E-state index in [1.54, 1.807) is 6.07 Å². The molecular weight excluding hydrogens is 279 g/mol. The molecule has 1 fully saturated rings. The molecule has 1 heterocycles. The van der Waals surface area contributed by atoms with Crippen LogP contribution >= 0.6 is 11.6 Å². The Bertz CT molecular complexity index is 495. The summed E-state index contributed by atoms with van der Waals surface area (Å²) in [7, 11) is 4.13. The second-order valence-electron chi connectivity index (χ2n) is 5.56. The number of likely N-dealkylation sites (N-methyl/N-ethyl adjacent to an activating group) is 2. The van der Waals surface area contributed by atoms with E-state index in [0.29, 0.717) is 12.8 Å². The quantitative estimate of drug-likeness (QED) is 0.852. The highest BCUT2D eigenvalue weighted by atomic mass is 35.5. The first-order chi connectivity index (χ1) is 9.45. The average Bonchev–Trinajstić information content (AvgIpc) is 2.38. The molecule has 5 heteroatoms. The fraction of sp³-hybridized carbons (Fsp3) is 0.533. The van der Waals surface area contributed by atoms with Crippen molar-refractivity contribution in [2.75, 3.05) is 33.7 Å². The highest BCUT2D eigenvalue weighted by Crippen LogP contribution is 2.18. The van der Waals surface area contributed by atoms with Gasteiger partial charge in [-0.1, -0.05) is 17.7 Å². The molecule has 0 saturated carbocycles. The van der Waals surface area contributed by atoms with Gasteiger partial charge in [-0.3, -0.25) is 4.79 Å². The number of rotatable bonds is 4. The number of ketones is 1. The normalized spacial score (nSPS) is 21.1. The average molecular weight is 299 g/mol. The summed E-state index contributed by atoms with van der Waals surface area (Å²) in [6.07, 6.45) is 0.837. The monoisotopic (exact) mass is 298 g/mol. The number of nitrogens with zero attached hydrogens (tertiary/aromatic N) is 2. The lowest BCUT2D eigenvalue weighted by molar-refractivity contribution is -0.120. The lowest BCUT2D eigenvalue weighted by atomic mass is 10.0. The number of carbonyl (C=O) groups is 1. The van der Waals surface area contributed by atoms with Crippen molar-refractivity contribution in [3.8, 4) is 0 Å². The zero-order valence-corrected chi connectivity index (χ0v) is 12.7. The third kappa shape index (κ3) is 4.01.